The highest BCUT2D eigenvalue weighted by molar-refractivity contribution is 7.99. The zero-order chi connectivity index (χ0) is 21.8. The number of benzene rings is 2. The zero-order valence-corrected chi connectivity index (χ0v) is 20.2. The number of rotatable bonds is 6. The molecule has 0 fully saturated rings. The number of fused-ring (bicyclic) bond motifs is 1. The summed E-state index contributed by atoms with van der Waals surface area (Å²) in [5.41, 5.74) is 1.60. The number of anilines is 1. The Labute approximate surface area is 198 Å². The normalized spacial score (nSPS) is 18.1. The second-order valence-corrected chi connectivity index (χ2v) is 8.87. The molecular formula is C22H26Cl2N2O4S. The molecule has 31 heavy (non-hydrogen) atoms. The lowest BCUT2D eigenvalue weighted by atomic mass is 10.1. The lowest BCUT2D eigenvalue weighted by molar-refractivity contribution is -0.152. The van der Waals surface area contributed by atoms with Crippen LogP contribution < -0.4 is 9.64 Å². The lowest BCUT2D eigenvalue weighted by Gasteiger charge is -2.28. The van der Waals surface area contributed by atoms with Gasteiger partial charge in [0.05, 0.1) is 18.0 Å². The Morgan fingerprint density at radius 1 is 1.19 bits per heavy atom. The first-order valence-corrected chi connectivity index (χ1v) is 10.8. The highest BCUT2D eigenvalue weighted by atomic mass is 35.5. The largest absolute Gasteiger partial charge is 0.497 e. The van der Waals surface area contributed by atoms with Gasteiger partial charge in [0.2, 0.25) is 0 Å². The molecule has 0 radical (unpaired) electrons. The summed E-state index contributed by atoms with van der Waals surface area (Å²) in [6, 6.07) is 13.0. The summed E-state index contributed by atoms with van der Waals surface area (Å²) in [5, 5.41) is 0.139. The van der Waals surface area contributed by atoms with Crippen molar-refractivity contribution in [2.45, 2.75) is 23.2 Å². The van der Waals surface area contributed by atoms with Gasteiger partial charge in [-0.25, -0.2) is 0 Å². The Kier molecular flexibility index (Phi) is 9.06. The van der Waals surface area contributed by atoms with Gasteiger partial charge in [-0.05, 0) is 50.0 Å². The number of hydrogen-bond acceptors (Lipinski definition) is 6. The Morgan fingerprint density at radius 2 is 1.87 bits per heavy atom. The van der Waals surface area contributed by atoms with Gasteiger partial charge in [0.25, 0.3) is 5.91 Å². The summed E-state index contributed by atoms with van der Waals surface area (Å²) in [5.74, 6) is -0.0436. The molecule has 2 aromatic carbocycles. The summed E-state index contributed by atoms with van der Waals surface area (Å²) in [4.78, 5) is 30.1. The second kappa shape index (κ2) is 11.1. The maximum atomic E-state index is 13.6. The van der Waals surface area contributed by atoms with Crippen LogP contribution in [0, 0.1) is 0 Å². The lowest BCUT2D eigenvalue weighted by Crippen LogP contribution is -2.45. The standard InChI is InChI=1S/C22H25ClN2O4S.ClH/c1-14(26)29-20-21(15-5-8-17(28-4)9-6-15)30-19-10-7-16(23)13-18(19)25(22(20)27)12-11-24(2)3;/h5-10,13,20-21H,11-12H2,1-4H3;1H/t20-,21+;/m0./s1. The molecule has 9 heteroatoms. The van der Waals surface area contributed by atoms with Gasteiger partial charge in [0.1, 0.15) is 5.75 Å². The van der Waals surface area contributed by atoms with E-state index in [2.05, 4.69) is 0 Å². The molecule has 0 unspecified atom stereocenters. The van der Waals surface area contributed by atoms with E-state index in [4.69, 9.17) is 21.1 Å². The Hall–Kier alpha value is -1.93. The summed E-state index contributed by atoms with van der Waals surface area (Å²) in [6.07, 6.45) is -0.964. The number of hydrogen-bond donors (Lipinski definition) is 0. The zero-order valence-electron chi connectivity index (χ0n) is 17.8. The van der Waals surface area contributed by atoms with Gasteiger partial charge < -0.3 is 19.3 Å². The third-order valence-corrected chi connectivity index (χ3v) is 6.37. The molecule has 0 N–H and O–H groups in total. The van der Waals surface area contributed by atoms with E-state index < -0.39 is 17.3 Å². The van der Waals surface area contributed by atoms with Gasteiger partial charge >= 0.3 is 5.97 Å². The van der Waals surface area contributed by atoms with E-state index in [1.165, 1.54) is 18.7 Å². The van der Waals surface area contributed by atoms with E-state index in [0.717, 1.165) is 16.1 Å². The number of likely N-dealkylation sites (N-methyl/N-ethyl adjacent to an activating group) is 1. The fraction of sp³-hybridized carbons (Fsp3) is 0.364. The van der Waals surface area contributed by atoms with Crippen LogP contribution in [-0.2, 0) is 14.3 Å². The number of methoxy groups -OCH3 is 1. The molecule has 0 spiro atoms. The second-order valence-electron chi connectivity index (χ2n) is 7.25. The fourth-order valence-electron chi connectivity index (χ4n) is 3.26. The monoisotopic (exact) mass is 484 g/mol. The predicted octanol–water partition coefficient (Wildman–Crippen LogP) is 4.44. The van der Waals surface area contributed by atoms with Crippen LogP contribution in [0.2, 0.25) is 5.02 Å². The number of esters is 1. The summed E-state index contributed by atoms with van der Waals surface area (Å²) < 4.78 is 10.8. The van der Waals surface area contributed by atoms with Crippen LogP contribution in [0.3, 0.4) is 0 Å². The molecule has 6 nitrogen and oxygen atoms in total. The number of carbonyl (C=O) groups is 2. The van der Waals surface area contributed by atoms with E-state index in [1.54, 1.807) is 24.1 Å². The number of ether oxygens (including phenoxy) is 2. The number of thioether (sulfide) groups is 1. The van der Waals surface area contributed by atoms with Crippen LogP contribution in [-0.4, -0.2) is 57.2 Å². The molecule has 0 bridgehead atoms. The van der Waals surface area contributed by atoms with Crippen molar-refractivity contribution in [3.63, 3.8) is 0 Å². The Bertz CT molecular complexity index is 924. The van der Waals surface area contributed by atoms with Gasteiger partial charge in [-0.3, -0.25) is 9.59 Å². The molecule has 2 atom stereocenters. The summed E-state index contributed by atoms with van der Waals surface area (Å²) >= 11 is 7.75. The minimum Gasteiger partial charge on any atom is -0.497 e. The molecule has 1 amide bonds. The van der Waals surface area contributed by atoms with Crippen molar-refractivity contribution in [2.24, 2.45) is 0 Å². The van der Waals surface area contributed by atoms with E-state index in [0.29, 0.717) is 23.9 Å². The van der Waals surface area contributed by atoms with Crippen LogP contribution in [0.25, 0.3) is 0 Å². The number of amides is 1. The SMILES string of the molecule is COc1ccc([C@H]2Sc3ccc(Cl)cc3N(CCN(C)C)C(=O)[C@H]2OC(C)=O)cc1.Cl. The van der Waals surface area contributed by atoms with Crippen molar-refractivity contribution >= 4 is 53.3 Å². The van der Waals surface area contributed by atoms with Crippen molar-refractivity contribution in [3.8, 4) is 5.75 Å². The van der Waals surface area contributed by atoms with Crippen LogP contribution in [0.15, 0.2) is 47.4 Å². The van der Waals surface area contributed by atoms with Crippen LogP contribution in [0.5, 0.6) is 5.75 Å². The molecule has 0 saturated heterocycles. The van der Waals surface area contributed by atoms with Gasteiger partial charge in [-0.15, -0.1) is 24.2 Å². The Balaban J connectivity index is 0.00000341. The molecule has 0 saturated carbocycles. The topological polar surface area (TPSA) is 59.1 Å². The Morgan fingerprint density at radius 3 is 2.45 bits per heavy atom. The average Bonchev–Trinajstić information content (AvgIpc) is 2.81. The predicted molar refractivity (Wildman–Crippen MR) is 127 cm³/mol. The van der Waals surface area contributed by atoms with Gasteiger partial charge in [0, 0.05) is 29.9 Å². The fourth-order valence-corrected chi connectivity index (χ4v) is 4.72. The maximum absolute atomic E-state index is 13.6. The third-order valence-electron chi connectivity index (χ3n) is 4.76. The smallest absolute Gasteiger partial charge is 0.303 e. The highest BCUT2D eigenvalue weighted by Gasteiger charge is 2.40. The molecule has 3 rings (SSSR count). The molecule has 0 aromatic heterocycles. The third kappa shape index (κ3) is 6.07. The average molecular weight is 485 g/mol. The number of nitrogens with zero attached hydrogens (tertiary/aromatic N) is 2. The highest BCUT2D eigenvalue weighted by Crippen LogP contribution is 2.47. The molecule has 1 aliphatic heterocycles. The molecule has 0 aliphatic carbocycles. The van der Waals surface area contributed by atoms with Crippen molar-refractivity contribution in [1.82, 2.24) is 4.90 Å². The maximum Gasteiger partial charge on any atom is 0.303 e. The minimum atomic E-state index is -0.964. The first-order valence-electron chi connectivity index (χ1n) is 9.53. The molecule has 1 heterocycles. The summed E-state index contributed by atoms with van der Waals surface area (Å²) in [6.45, 7) is 2.43. The van der Waals surface area contributed by atoms with Gasteiger partial charge in [0.15, 0.2) is 6.10 Å². The van der Waals surface area contributed by atoms with Crippen LogP contribution >= 0.6 is 35.8 Å². The van der Waals surface area contributed by atoms with Gasteiger partial charge in [-0.1, -0.05) is 23.7 Å². The van der Waals surface area contributed by atoms with Crippen molar-refractivity contribution < 1.29 is 19.1 Å². The van der Waals surface area contributed by atoms with E-state index in [1.807, 2.05) is 49.3 Å². The van der Waals surface area contributed by atoms with Crippen molar-refractivity contribution in [3.05, 3.63) is 53.1 Å². The first-order chi connectivity index (χ1) is 14.3. The van der Waals surface area contributed by atoms with Crippen LogP contribution in [0.4, 0.5) is 5.69 Å². The summed E-state index contributed by atoms with van der Waals surface area (Å²) in [7, 11) is 5.49. The van der Waals surface area contributed by atoms with E-state index in [9.17, 15) is 9.59 Å². The van der Waals surface area contributed by atoms with E-state index >= 15 is 0 Å². The minimum absolute atomic E-state index is 0. The van der Waals surface area contributed by atoms with Crippen molar-refractivity contribution in [2.75, 3.05) is 39.2 Å². The quantitative estimate of drug-likeness (QED) is 0.564. The van der Waals surface area contributed by atoms with Crippen molar-refractivity contribution in [1.29, 1.82) is 0 Å². The van der Waals surface area contributed by atoms with E-state index in [-0.39, 0.29) is 18.3 Å². The number of carbonyl (C=O) groups excluding carboxylic acids is 2. The number of halogens is 2. The first kappa shape index (κ1) is 25.3. The molecule has 2 aromatic rings. The molecule has 1 aliphatic rings. The molecular weight excluding hydrogens is 459 g/mol. The molecule has 168 valence electrons. The van der Waals surface area contributed by atoms with Gasteiger partial charge in [-0.2, -0.15) is 0 Å². The van der Waals surface area contributed by atoms with Crippen LogP contribution in [0.1, 0.15) is 17.7 Å².